The summed E-state index contributed by atoms with van der Waals surface area (Å²) in [6.45, 7) is 9.58. The number of amides is 1. The topological polar surface area (TPSA) is 87.7 Å². The second kappa shape index (κ2) is 14.5. The number of nitrogens with zero attached hydrogens (tertiary/aromatic N) is 3. The minimum absolute atomic E-state index is 0.0125. The quantitative estimate of drug-likeness (QED) is 0.260. The maximum absolute atomic E-state index is 11.8. The van der Waals surface area contributed by atoms with Gasteiger partial charge in [-0.05, 0) is 25.8 Å². The molecule has 0 spiro atoms. The van der Waals surface area contributed by atoms with Crippen LogP contribution in [-0.4, -0.2) is 115 Å². The number of carbonyl (C=O) groups is 1. The van der Waals surface area contributed by atoms with Gasteiger partial charge in [0, 0.05) is 59.4 Å². The summed E-state index contributed by atoms with van der Waals surface area (Å²) in [5.74, 6) is 1.22. The van der Waals surface area contributed by atoms with Gasteiger partial charge in [0.1, 0.15) is 6.54 Å². The molecule has 0 saturated carbocycles. The molecule has 9 heteroatoms. The molecule has 2 N–H and O–H groups in total. The third kappa shape index (κ3) is 10.8. The molecule has 1 amide bonds. The molecule has 2 rings (SSSR count). The van der Waals surface area contributed by atoms with Crippen molar-refractivity contribution in [1.29, 1.82) is 0 Å². The Labute approximate surface area is 175 Å². The first kappa shape index (κ1) is 23.9. The van der Waals surface area contributed by atoms with Crippen molar-refractivity contribution in [2.75, 3.05) is 93.0 Å². The van der Waals surface area contributed by atoms with Crippen LogP contribution in [0.4, 0.5) is 0 Å². The first-order chi connectivity index (χ1) is 14.1. The summed E-state index contributed by atoms with van der Waals surface area (Å²) < 4.78 is 16.5. The van der Waals surface area contributed by atoms with Crippen LogP contribution in [0.25, 0.3) is 0 Å². The molecule has 2 aliphatic rings. The summed E-state index contributed by atoms with van der Waals surface area (Å²) >= 11 is 0. The Morgan fingerprint density at radius 1 is 1.14 bits per heavy atom. The Bertz CT molecular complexity index is 477. The van der Waals surface area contributed by atoms with Crippen molar-refractivity contribution in [2.24, 2.45) is 10.9 Å². The second-order valence-electron chi connectivity index (χ2n) is 7.77. The number of aliphatic imine (C=N–C) groups is 1. The fourth-order valence-electron chi connectivity index (χ4n) is 3.14. The fraction of sp³-hybridized carbons (Fsp3) is 0.900. The molecule has 0 aromatic heterocycles. The van der Waals surface area contributed by atoms with Crippen molar-refractivity contribution >= 4 is 11.9 Å². The average molecular weight is 414 g/mol. The summed E-state index contributed by atoms with van der Waals surface area (Å²) in [5, 5.41) is 6.65. The molecule has 2 aliphatic heterocycles. The van der Waals surface area contributed by atoms with Gasteiger partial charge in [0.15, 0.2) is 5.96 Å². The van der Waals surface area contributed by atoms with Crippen LogP contribution in [0.3, 0.4) is 0 Å². The van der Waals surface area contributed by atoms with E-state index >= 15 is 0 Å². The van der Waals surface area contributed by atoms with Crippen molar-refractivity contribution in [3.8, 4) is 0 Å². The number of likely N-dealkylation sites (N-methyl/N-ethyl adjacent to an activating group) is 1. The standard InChI is InChI=1S/C20H39N5O4/c1-24(2)19(26)15-23-20(21-6-3-8-25-9-13-27-14-10-25)22-7-4-11-28-16-18-5-12-29-17-18/h18H,3-17H2,1-2H3,(H2,21,22,23). The summed E-state index contributed by atoms with van der Waals surface area (Å²) in [6, 6.07) is 0. The third-order valence-electron chi connectivity index (χ3n) is 5.05. The minimum atomic E-state index is -0.0125. The summed E-state index contributed by atoms with van der Waals surface area (Å²) in [6.07, 6.45) is 3.02. The van der Waals surface area contributed by atoms with Crippen molar-refractivity contribution in [3.05, 3.63) is 0 Å². The van der Waals surface area contributed by atoms with Crippen LogP contribution < -0.4 is 10.6 Å². The van der Waals surface area contributed by atoms with Gasteiger partial charge in [0.25, 0.3) is 0 Å². The monoisotopic (exact) mass is 413 g/mol. The molecule has 0 aromatic carbocycles. The molecule has 2 fully saturated rings. The van der Waals surface area contributed by atoms with E-state index in [-0.39, 0.29) is 12.5 Å². The molecule has 9 nitrogen and oxygen atoms in total. The highest BCUT2D eigenvalue weighted by Gasteiger charge is 2.15. The van der Waals surface area contributed by atoms with Crippen LogP contribution in [0, 0.1) is 5.92 Å². The first-order valence-electron chi connectivity index (χ1n) is 10.8. The Morgan fingerprint density at radius 3 is 2.59 bits per heavy atom. The number of hydrogen-bond acceptors (Lipinski definition) is 6. The molecular weight excluding hydrogens is 374 g/mol. The molecule has 29 heavy (non-hydrogen) atoms. The van der Waals surface area contributed by atoms with Gasteiger partial charge in [0.05, 0.1) is 26.4 Å². The smallest absolute Gasteiger partial charge is 0.243 e. The first-order valence-corrected chi connectivity index (χ1v) is 10.8. The van der Waals surface area contributed by atoms with E-state index in [9.17, 15) is 4.79 Å². The highest BCUT2D eigenvalue weighted by Crippen LogP contribution is 2.12. The molecule has 2 heterocycles. The van der Waals surface area contributed by atoms with E-state index in [0.717, 1.165) is 85.0 Å². The molecule has 1 unspecified atom stereocenters. The van der Waals surface area contributed by atoms with E-state index < -0.39 is 0 Å². The van der Waals surface area contributed by atoms with E-state index in [0.29, 0.717) is 18.5 Å². The molecule has 0 aromatic rings. The zero-order chi connectivity index (χ0) is 20.7. The number of rotatable bonds is 12. The van der Waals surface area contributed by atoms with Gasteiger partial charge < -0.3 is 29.7 Å². The number of carbonyl (C=O) groups excluding carboxylic acids is 1. The van der Waals surface area contributed by atoms with E-state index in [4.69, 9.17) is 14.2 Å². The van der Waals surface area contributed by atoms with Crippen LogP contribution in [0.5, 0.6) is 0 Å². The van der Waals surface area contributed by atoms with E-state index in [1.165, 1.54) is 0 Å². The lowest BCUT2D eigenvalue weighted by atomic mass is 10.1. The molecule has 0 bridgehead atoms. The SMILES string of the molecule is CN(C)C(=O)CN=C(NCCCOCC1CCOC1)NCCCN1CCOCC1. The van der Waals surface area contributed by atoms with Gasteiger partial charge in [-0.15, -0.1) is 0 Å². The Morgan fingerprint density at radius 2 is 1.90 bits per heavy atom. The molecular formula is C20H39N5O4. The Kier molecular flexibility index (Phi) is 12.0. The number of nitrogens with one attached hydrogen (secondary N) is 2. The predicted molar refractivity (Wildman–Crippen MR) is 113 cm³/mol. The van der Waals surface area contributed by atoms with Gasteiger partial charge in [-0.1, -0.05) is 0 Å². The molecule has 168 valence electrons. The van der Waals surface area contributed by atoms with Crippen molar-refractivity contribution in [3.63, 3.8) is 0 Å². The van der Waals surface area contributed by atoms with Crippen molar-refractivity contribution in [2.45, 2.75) is 19.3 Å². The van der Waals surface area contributed by atoms with Crippen LogP contribution >= 0.6 is 0 Å². The van der Waals surface area contributed by atoms with E-state index in [2.05, 4.69) is 20.5 Å². The van der Waals surface area contributed by atoms with Gasteiger partial charge in [-0.2, -0.15) is 0 Å². The van der Waals surface area contributed by atoms with Crippen LogP contribution in [0.15, 0.2) is 4.99 Å². The van der Waals surface area contributed by atoms with Crippen LogP contribution in [0.1, 0.15) is 19.3 Å². The van der Waals surface area contributed by atoms with Crippen molar-refractivity contribution < 1.29 is 19.0 Å². The summed E-state index contributed by atoms with van der Waals surface area (Å²) in [7, 11) is 3.49. The van der Waals surface area contributed by atoms with Gasteiger partial charge in [-0.3, -0.25) is 9.69 Å². The molecule has 2 saturated heterocycles. The van der Waals surface area contributed by atoms with Crippen LogP contribution in [0.2, 0.25) is 0 Å². The van der Waals surface area contributed by atoms with Crippen LogP contribution in [-0.2, 0) is 19.0 Å². The third-order valence-corrected chi connectivity index (χ3v) is 5.05. The maximum Gasteiger partial charge on any atom is 0.243 e. The maximum atomic E-state index is 11.8. The van der Waals surface area contributed by atoms with E-state index in [1.807, 2.05) is 0 Å². The Hall–Kier alpha value is -1.42. The van der Waals surface area contributed by atoms with Crippen molar-refractivity contribution in [1.82, 2.24) is 20.4 Å². The second-order valence-corrected chi connectivity index (χ2v) is 7.77. The summed E-state index contributed by atoms with van der Waals surface area (Å²) in [5.41, 5.74) is 0. The largest absolute Gasteiger partial charge is 0.381 e. The number of morpholine rings is 1. The van der Waals surface area contributed by atoms with Gasteiger partial charge >= 0.3 is 0 Å². The van der Waals surface area contributed by atoms with Gasteiger partial charge in [-0.25, -0.2) is 4.99 Å². The lowest BCUT2D eigenvalue weighted by Gasteiger charge is -2.26. The summed E-state index contributed by atoms with van der Waals surface area (Å²) in [4.78, 5) is 20.2. The number of hydrogen-bond donors (Lipinski definition) is 2. The predicted octanol–water partition coefficient (Wildman–Crippen LogP) is -0.225. The zero-order valence-electron chi connectivity index (χ0n) is 18.2. The lowest BCUT2D eigenvalue weighted by molar-refractivity contribution is -0.127. The highest BCUT2D eigenvalue weighted by molar-refractivity contribution is 5.84. The lowest BCUT2D eigenvalue weighted by Crippen LogP contribution is -2.41. The zero-order valence-corrected chi connectivity index (χ0v) is 18.2. The number of ether oxygens (including phenoxy) is 3. The Balaban J connectivity index is 1.61. The normalized spacial score (nSPS) is 20.6. The average Bonchev–Trinajstić information content (AvgIpc) is 3.25. The molecule has 1 atom stereocenters. The van der Waals surface area contributed by atoms with Gasteiger partial charge in [0.2, 0.25) is 5.91 Å². The van der Waals surface area contributed by atoms with E-state index in [1.54, 1.807) is 19.0 Å². The molecule has 0 aliphatic carbocycles. The fourth-order valence-corrected chi connectivity index (χ4v) is 3.14. The number of guanidine groups is 1. The minimum Gasteiger partial charge on any atom is -0.381 e. The highest BCUT2D eigenvalue weighted by atomic mass is 16.5. The molecule has 0 radical (unpaired) electrons.